The summed E-state index contributed by atoms with van der Waals surface area (Å²) in [5.74, 6) is -1.69. The van der Waals surface area contributed by atoms with E-state index in [1.165, 1.54) is 18.9 Å². The van der Waals surface area contributed by atoms with Crippen molar-refractivity contribution >= 4 is 34.7 Å². The van der Waals surface area contributed by atoms with Crippen molar-refractivity contribution in [2.45, 2.75) is 39.2 Å². The lowest BCUT2D eigenvalue weighted by Crippen LogP contribution is -2.29. The number of carbonyl (C=O) groups excluding carboxylic acids is 3. The topological polar surface area (TPSA) is 95.9 Å². The molecule has 1 aliphatic heterocycles. The third-order valence-electron chi connectivity index (χ3n) is 6.36. The van der Waals surface area contributed by atoms with Crippen molar-refractivity contribution < 1.29 is 24.2 Å². The van der Waals surface area contributed by atoms with Gasteiger partial charge in [0.15, 0.2) is 0 Å². The number of aliphatic hydroxyl groups is 1. The Balaban J connectivity index is 1.90. The van der Waals surface area contributed by atoms with Crippen LogP contribution in [0.1, 0.15) is 50.4 Å². The van der Waals surface area contributed by atoms with Crippen LogP contribution in [0.2, 0.25) is 0 Å². The van der Waals surface area contributed by atoms with Crippen molar-refractivity contribution in [1.29, 1.82) is 0 Å². The summed E-state index contributed by atoms with van der Waals surface area (Å²) in [6, 6.07) is 20.3. The molecule has 0 aromatic heterocycles. The van der Waals surface area contributed by atoms with Crippen LogP contribution in [-0.2, 0) is 19.8 Å². The van der Waals surface area contributed by atoms with Crippen molar-refractivity contribution in [1.82, 2.24) is 0 Å². The normalized spacial score (nSPS) is 17.1. The molecule has 1 atom stereocenters. The molecule has 0 spiro atoms. The van der Waals surface area contributed by atoms with E-state index in [1.807, 2.05) is 24.3 Å². The van der Waals surface area contributed by atoms with Gasteiger partial charge in [0.2, 0.25) is 5.91 Å². The average molecular weight is 499 g/mol. The van der Waals surface area contributed by atoms with Gasteiger partial charge in [-0.25, -0.2) is 0 Å². The van der Waals surface area contributed by atoms with Gasteiger partial charge in [-0.05, 0) is 52.9 Å². The number of methoxy groups -OCH3 is 1. The highest BCUT2D eigenvalue weighted by Crippen LogP contribution is 2.43. The number of hydrogen-bond donors (Lipinski definition) is 2. The van der Waals surface area contributed by atoms with Crippen LogP contribution in [0.4, 0.5) is 11.4 Å². The number of rotatable bonds is 5. The number of Topliss-reactive ketones (excluding diaryl/α,β-unsaturated/α-hetero) is 1. The molecule has 7 nitrogen and oxygen atoms in total. The first-order valence-corrected chi connectivity index (χ1v) is 12.0. The van der Waals surface area contributed by atoms with Gasteiger partial charge in [0.25, 0.3) is 11.7 Å². The van der Waals surface area contributed by atoms with Gasteiger partial charge in [-0.3, -0.25) is 19.3 Å². The Morgan fingerprint density at radius 3 is 2.14 bits per heavy atom. The second-order valence-corrected chi connectivity index (χ2v) is 9.97. The number of aliphatic hydroxyl groups excluding tert-OH is 1. The molecule has 190 valence electrons. The summed E-state index contributed by atoms with van der Waals surface area (Å²) in [5, 5.41) is 14.1. The number of nitrogens with one attached hydrogen (secondary N) is 1. The lowest BCUT2D eigenvalue weighted by atomic mass is 9.85. The van der Waals surface area contributed by atoms with Crippen molar-refractivity contribution in [2.75, 3.05) is 17.3 Å². The fourth-order valence-electron chi connectivity index (χ4n) is 4.47. The Bertz CT molecular complexity index is 1380. The van der Waals surface area contributed by atoms with E-state index < -0.39 is 17.7 Å². The van der Waals surface area contributed by atoms with Crippen LogP contribution in [0.25, 0.3) is 5.76 Å². The first-order chi connectivity index (χ1) is 17.5. The molecular weight excluding hydrogens is 468 g/mol. The highest BCUT2D eigenvalue weighted by molar-refractivity contribution is 6.51. The number of amides is 2. The molecule has 2 N–H and O–H groups in total. The van der Waals surface area contributed by atoms with E-state index in [2.05, 4.69) is 26.1 Å². The number of ether oxygens (including phenoxy) is 1. The van der Waals surface area contributed by atoms with Crippen LogP contribution in [0.15, 0.2) is 78.4 Å². The zero-order valence-electron chi connectivity index (χ0n) is 21.5. The molecule has 0 bridgehead atoms. The van der Waals surface area contributed by atoms with Crippen LogP contribution >= 0.6 is 0 Å². The molecule has 7 heteroatoms. The number of ketones is 1. The third-order valence-corrected chi connectivity index (χ3v) is 6.36. The number of anilines is 2. The van der Waals surface area contributed by atoms with Crippen molar-refractivity contribution in [3.8, 4) is 5.75 Å². The van der Waals surface area contributed by atoms with Gasteiger partial charge in [-0.1, -0.05) is 57.2 Å². The molecule has 3 aromatic rings. The Morgan fingerprint density at radius 2 is 1.57 bits per heavy atom. The van der Waals surface area contributed by atoms with Crippen LogP contribution in [0.5, 0.6) is 5.75 Å². The molecule has 0 radical (unpaired) electrons. The van der Waals surface area contributed by atoms with E-state index in [-0.39, 0.29) is 22.7 Å². The van der Waals surface area contributed by atoms with Crippen LogP contribution < -0.4 is 15.0 Å². The molecule has 1 fully saturated rings. The minimum atomic E-state index is -0.870. The minimum absolute atomic E-state index is 0.0241. The second kappa shape index (κ2) is 9.93. The van der Waals surface area contributed by atoms with E-state index in [0.717, 1.165) is 5.56 Å². The summed E-state index contributed by atoms with van der Waals surface area (Å²) in [7, 11) is 1.48. The molecule has 0 saturated carbocycles. The third kappa shape index (κ3) is 4.98. The molecule has 1 saturated heterocycles. The summed E-state index contributed by atoms with van der Waals surface area (Å²) in [6.45, 7) is 7.72. The van der Waals surface area contributed by atoms with E-state index in [4.69, 9.17) is 4.74 Å². The summed E-state index contributed by atoms with van der Waals surface area (Å²) in [5.41, 5.74) is 3.00. The Labute approximate surface area is 216 Å². The van der Waals surface area contributed by atoms with Gasteiger partial charge in [-0.15, -0.1) is 0 Å². The maximum absolute atomic E-state index is 13.4. The molecule has 4 rings (SSSR count). The quantitative estimate of drug-likeness (QED) is 0.272. The first kappa shape index (κ1) is 25.7. The SMILES string of the molecule is COc1ccccc1/C(O)=C1/C(=O)C(=O)N(c2ccc(NC(C)=O)cc2)C1c1ccc(C(C)(C)C)cc1. The predicted molar refractivity (Wildman–Crippen MR) is 144 cm³/mol. The smallest absolute Gasteiger partial charge is 0.300 e. The maximum Gasteiger partial charge on any atom is 0.300 e. The zero-order valence-corrected chi connectivity index (χ0v) is 21.5. The molecule has 0 aliphatic carbocycles. The number of hydrogen-bond acceptors (Lipinski definition) is 5. The standard InChI is InChI=1S/C30H30N2O5/c1-18(33)31-21-14-16-22(17-15-21)32-26(19-10-12-20(13-11-19)30(2,3)4)25(28(35)29(32)36)27(34)23-8-6-7-9-24(23)37-5/h6-17,26,34H,1-5H3,(H,31,33)/b27-25-. The predicted octanol–water partition coefficient (Wildman–Crippen LogP) is 5.58. The average Bonchev–Trinajstić information content (AvgIpc) is 3.13. The maximum atomic E-state index is 13.4. The minimum Gasteiger partial charge on any atom is -0.507 e. The fourth-order valence-corrected chi connectivity index (χ4v) is 4.47. The highest BCUT2D eigenvalue weighted by atomic mass is 16.5. The van der Waals surface area contributed by atoms with Crippen molar-refractivity contribution in [2.24, 2.45) is 0 Å². The van der Waals surface area contributed by atoms with Gasteiger partial charge in [-0.2, -0.15) is 0 Å². The van der Waals surface area contributed by atoms with Crippen LogP contribution in [0, 0.1) is 0 Å². The molecular formula is C30H30N2O5. The Morgan fingerprint density at radius 1 is 0.946 bits per heavy atom. The molecule has 2 amide bonds. The number of nitrogens with zero attached hydrogens (tertiary/aromatic N) is 1. The van der Waals surface area contributed by atoms with E-state index in [1.54, 1.807) is 48.5 Å². The van der Waals surface area contributed by atoms with E-state index in [9.17, 15) is 19.5 Å². The molecule has 3 aromatic carbocycles. The van der Waals surface area contributed by atoms with E-state index in [0.29, 0.717) is 28.3 Å². The fraction of sp³-hybridized carbons (Fsp3) is 0.233. The van der Waals surface area contributed by atoms with Gasteiger partial charge in [0.05, 0.1) is 24.3 Å². The lowest BCUT2D eigenvalue weighted by molar-refractivity contribution is -0.132. The highest BCUT2D eigenvalue weighted by Gasteiger charge is 2.47. The number of benzene rings is 3. The molecule has 1 aliphatic rings. The van der Waals surface area contributed by atoms with Gasteiger partial charge in [0, 0.05) is 18.3 Å². The van der Waals surface area contributed by atoms with Crippen LogP contribution in [0.3, 0.4) is 0 Å². The summed E-state index contributed by atoms with van der Waals surface area (Å²) in [4.78, 5) is 39.6. The van der Waals surface area contributed by atoms with Gasteiger partial charge < -0.3 is 15.2 Å². The molecule has 1 unspecified atom stereocenters. The Hall–Kier alpha value is -4.39. The monoisotopic (exact) mass is 498 g/mol. The van der Waals surface area contributed by atoms with Gasteiger partial charge >= 0.3 is 0 Å². The lowest BCUT2D eigenvalue weighted by Gasteiger charge is -2.27. The first-order valence-electron chi connectivity index (χ1n) is 12.0. The summed E-state index contributed by atoms with van der Waals surface area (Å²) < 4.78 is 5.40. The summed E-state index contributed by atoms with van der Waals surface area (Å²) >= 11 is 0. The van der Waals surface area contributed by atoms with E-state index >= 15 is 0 Å². The number of para-hydroxylation sites is 1. The number of carbonyl (C=O) groups is 3. The van der Waals surface area contributed by atoms with Gasteiger partial charge in [0.1, 0.15) is 11.5 Å². The largest absolute Gasteiger partial charge is 0.507 e. The Kier molecular flexibility index (Phi) is 6.90. The van der Waals surface area contributed by atoms with Crippen molar-refractivity contribution in [3.05, 3.63) is 95.1 Å². The van der Waals surface area contributed by atoms with Crippen LogP contribution in [-0.4, -0.2) is 29.8 Å². The second-order valence-electron chi connectivity index (χ2n) is 9.97. The zero-order chi connectivity index (χ0) is 26.9. The molecule has 1 heterocycles. The van der Waals surface area contributed by atoms with Crippen molar-refractivity contribution in [3.63, 3.8) is 0 Å². The molecule has 37 heavy (non-hydrogen) atoms. The summed E-state index contributed by atoms with van der Waals surface area (Å²) in [6.07, 6.45) is 0.